The fourth-order valence-corrected chi connectivity index (χ4v) is 2.69. The Balaban J connectivity index is 1.91. The maximum Gasteiger partial charge on any atom is 0.243 e. The van der Waals surface area contributed by atoms with Gasteiger partial charge in [0.25, 0.3) is 0 Å². The monoisotopic (exact) mass is 384 g/mol. The van der Waals surface area contributed by atoms with Gasteiger partial charge in [-0.05, 0) is 24.1 Å². The van der Waals surface area contributed by atoms with Gasteiger partial charge in [0, 0.05) is 6.20 Å². The molecule has 0 aliphatic heterocycles. The quantitative estimate of drug-likeness (QED) is 0.314. The van der Waals surface area contributed by atoms with Gasteiger partial charge in [-0.1, -0.05) is 62.6 Å². The summed E-state index contributed by atoms with van der Waals surface area (Å²) in [5.74, 6) is -0.0311. The highest BCUT2D eigenvalue weighted by molar-refractivity contribution is 5.80. The van der Waals surface area contributed by atoms with Crippen molar-refractivity contribution in [3.8, 4) is 0 Å². The van der Waals surface area contributed by atoms with Crippen LogP contribution in [-0.2, 0) is 21.0 Å². The fraction of sp³-hybridized carbons (Fsp3) is 0.381. The largest absolute Gasteiger partial charge is 0.282 e. The molecule has 7 heteroatoms. The lowest BCUT2D eigenvalue weighted by Crippen LogP contribution is -2.41. The highest BCUT2D eigenvalue weighted by atomic mass is 16.7. The Morgan fingerprint density at radius 1 is 1.18 bits per heavy atom. The molecule has 0 spiro atoms. The summed E-state index contributed by atoms with van der Waals surface area (Å²) in [4.78, 5) is 33.8. The summed E-state index contributed by atoms with van der Waals surface area (Å²) >= 11 is 0. The molecule has 1 unspecified atom stereocenters. The number of hydrazine groups is 1. The van der Waals surface area contributed by atoms with Crippen LogP contribution in [0, 0.1) is 5.92 Å². The highest BCUT2D eigenvalue weighted by Crippen LogP contribution is 2.13. The number of carbonyl (C=O) groups is 2. The van der Waals surface area contributed by atoms with Gasteiger partial charge in [0.05, 0.1) is 12.5 Å². The van der Waals surface area contributed by atoms with Crippen LogP contribution in [0.25, 0.3) is 0 Å². The van der Waals surface area contributed by atoms with Crippen molar-refractivity contribution >= 4 is 18.1 Å². The van der Waals surface area contributed by atoms with Crippen LogP contribution in [0.2, 0.25) is 0 Å². The average Bonchev–Trinajstić information content (AvgIpc) is 2.75. The minimum absolute atomic E-state index is 0.190. The fourth-order valence-electron chi connectivity index (χ4n) is 2.69. The van der Waals surface area contributed by atoms with Gasteiger partial charge in [-0.15, -0.1) is 0 Å². The lowest BCUT2D eigenvalue weighted by Gasteiger charge is -2.23. The SMILES string of the molecule is CCCCCC(CN(C=O)OCc1ccccc1)C(=O)NNc1ccccn1. The van der Waals surface area contributed by atoms with Crippen molar-refractivity contribution in [2.24, 2.45) is 5.92 Å². The van der Waals surface area contributed by atoms with Gasteiger partial charge >= 0.3 is 0 Å². The minimum atomic E-state index is -0.385. The van der Waals surface area contributed by atoms with E-state index >= 15 is 0 Å². The maximum atomic E-state index is 12.6. The molecule has 1 aromatic carbocycles. The number of hydrogen-bond donors (Lipinski definition) is 2. The van der Waals surface area contributed by atoms with E-state index in [9.17, 15) is 9.59 Å². The Bertz CT molecular complexity index is 697. The van der Waals surface area contributed by atoms with Gasteiger partial charge < -0.3 is 0 Å². The lowest BCUT2D eigenvalue weighted by atomic mass is 10.0. The van der Waals surface area contributed by atoms with Crippen molar-refractivity contribution in [2.75, 3.05) is 12.0 Å². The van der Waals surface area contributed by atoms with Gasteiger partial charge in [-0.2, -0.15) is 0 Å². The van der Waals surface area contributed by atoms with E-state index in [1.54, 1.807) is 18.3 Å². The standard InChI is InChI=1S/C21H28N4O3/c1-2-3-5-12-19(21(27)24-23-20-13-8-9-14-22-20)15-25(17-26)28-16-18-10-6-4-7-11-18/h4,6-11,13-14,17,19H,2-3,5,12,15-16H2,1H3,(H,22,23)(H,24,27). The molecule has 7 nitrogen and oxygen atoms in total. The number of benzene rings is 1. The molecule has 0 radical (unpaired) electrons. The van der Waals surface area contributed by atoms with E-state index in [4.69, 9.17) is 4.84 Å². The smallest absolute Gasteiger partial charge is 0.243 e. The van der Waals surface area contributed by atoms with E-state index in [0.29, 0.717) is 18.6 Å². The lowest BCUT2D eigenvalue weighted by molar-refractivity contribution is -0.182. The Morgan fingerprint density at radius 3 is 2.64 bits per heavy atom. The molecule has 28 heavy (non-hydrogen) atoms. The number of nitrogens with zero attached hydrogens (tertiary/aromatic N) is 2. The molecule has 0 saturated heterocycles. The predicted octanol–water partition coefficient (Wildman–Crippen LogP) is 3.31. The van der Waals surface area contributed by atoms with Crippen LogP contribution in [0.1, 0.15) is 38.2 Å². The third kappa shape index (κ3) is 7.75. The van der Waals surface area contributed by atoms with Gasteiger partial charge in [0.2, 0.25) is 12.3 Å². The van der Waals surface area contributed by atoms with Gasteiger partial charge in [0.1, 0.15) is 12.4 Å². The number of nitrogens with one attached hydrogen (secondary N) is 2. The third-order valence-corrected chi connectivity index (χ3v) is 4.26. The maximum absolute atomic E-state index is 12.6. The zero-order valence-electron chi connectivity index (χ0n) is 16.2. The van der Waals surface area contributed by atoms with E-state index in [0.717, 1.165) is 24.8 Å². The number of aromatic nitrogens is 1. The first kappa shape index (κ1) is 21.4. The number of carbonyl (C=O) groups excluding carboxylic acids is 2. The molecule has 2 aromatic rings. The molecule has 150 valence electrons. The average molecular weight is 384 g/mol. The summed E-state index contributed by atoms with van der Waals surface area (Å²) in [5, 5.41) is 1.20. The van der Waals surface area contributed by atoms with E-state index < -0.39 is 0 Å². The first-order chi connectivity index (χ1) is 13.7. The summed E-state index contributed by atoms with van der Waals surface area (Å²) in [6.45, 7) is 2.57. The third-order valence-electron chi connectivity index (χ3n) is 4.26. The van der Waals surface area contributed by atoms with Gasteiger partial charge in [-0.3, -0.25) is 25.3 Å². The van der Waals surface area contributed by atoms with Crippen molar-refractivity contribution in [2.45, 2.75) is 39.2 Å². The summed E-state index contributed by atoms with van der Waals surface area (Å²) in [6.07, 6.45) is 5.92. The summed E-state index contributed by atoms with van der Waals surface area (Å²) in [6, 6.07) is 15.0. The number of pyridine rings is 1. The summed E-state index contributed by atoms with van der Waals surface area (Å²) in [7, 11) is 0. The predicted molar refractivity (Wildman–Crippen MR) is 108 cm³/mol. The second-order valence-corrected chi connectivity index (χ2v) is 6.49. The molecule has 2 N–H and O–H groups in total. The number of amides is 2. The first-order valence-electron chi connectivity index (χ1n) is 9.58. The number of unbranched alkanes of at least 4 members (excludes halogenated alkanes) is 2. The molecular formula is C21H28N4O3. The molecule has 0 fully saturated rings. The molecule has 0 bridgehead atoms. The van der Waals surface area contributed by atoms with Gasteiger partial charge in [-0.25, -0.2) is 10.0 Å². The van der Waals surface area contributed by atoms with Crippen molar-refractivity contribution in [1.82, 2.24) is 15.5 Å². The van der Waals surface area contributed by atoms with Crippen LogP contribution < -0.4 is 10.9 Å². The second kappa shape index (κ2) is 12.5. The van der Waals surface area contributed by atoms with Crippen LogP contribution in [0.5, 0.6) is 0 Å². The van der Waals surface area contributed by atoms with E-state index in [-0.39, 0.29) is 25.0 Å². The Labute approximate surface area is 166 Å². The second-order valence-electron chi connectivity index (χ2n) is 6.49. The van der Waals surface area contributed by atoms with Crippen molar-refractivity contribution in [1.29, 1.82) is 0 Å². The zero-order valence-corrected chi connectivity index (χ0v) is 16.2. The van der Waals surface area contributed by atoms with Crippen LogP contribution in [-0.4, -0.2) is 28.9 Å². The molecule has 1 heterocycles. The zero-order chi connectivity index (χ0) is 20.0. The topological polar surface area (TPSA) is 83.6 Å². The number of rotatable bonds is 13. The molecule has 2 amide bonds. The van der Waals surface area contributed by atoms with E-state index in [1.165, 1.54) is 5.06 Å². The first-order valence-corrected chi connectivity index (χ1v) is 9.58. The van der Waals surface area contributed by atoms with Crippen LogP contribution in [0.3, 0.4) is 0 Å². The Morgan fingerprint density at radius 2 is 1.96 bits per heavy atom. The Hall–Kier alpha value is -2.93. The summed E-state index contributed by atoms with van der Waals surface area (Å²) < 4.78 is 0. The molecule has 1 aromatic heterocycles. The molecule has 0 saturated carbocycles. The normalized spacial score (nSPS) is 11.5. The Kier molecular flexibility index (Phi) is 9.51. The van der Waals surface area contributed by atoms with Crippen LogP contribution >= 0.6 is 0 Å². The van der Waals surface area contributed by atoms with E-state index in [2.05, 4.69) is 22.8 Å². The van der Waals surface area contributed by atoms with E-state index in [1.807, 2.05) is 36.4 Å². The minimum Gasteiger partial charge on any atom is -0.282 e. The van der Waals surface area contributed by atoms with Crippen molar-refractivity contribution in [3.63, 3.8) is 0 Å². The van der Waals surface area contributed by atoms with Crippen LogP contribution in [0.15, 0.2) is 54.7 Å². The van der Waals surface area contributed by atoms with Crippen molar-refractivity contribution in [3.05, 3.63) is 60.3 Å². The molecule has 2 rings (SSSR count). The van der Waals surface area contributed by atoms with Crippen LogP contribution in [0.4, 0.5) is 5.82 Å². The highest BCUT2D eigenvalue weighted by Gasteiger charge is 2.22. The molecular weight excluding hydrogens is 356 g/mol. The summed E-state index contributed by atoms with van der Waals surface area (Å²) in [5.41, 5.74) is 6.44. The number of hydroxylamine groups is 2. The number of anilines is 1. The molecule has 1 atom stereocenters. The number of hydrogen-bond acceptors (Lipinski definition) is 5. The van der Waals surface area contributed by atoms with Crippen molar-refractivity contribution < 1.29 is 14.4 Å². The molecule has 0 aliphatic carbocycles. The molecule has 0 aliphatic rings. The van der Waals surface area contributed by atoms with Gasteiger partial charge in [0.15, 0.2) is 0 Å².